The second kappa shape index (κ2) is 8.89. The van der Waals surface area contributed by atoms with Gasteiger partial charge >= 0.3 is 0 Å². The first kappa shape index (κ1) is 25.0. The van der Waals surface area contributed by atoms with Gasteiger partial charge in [0, 0.05) is 57.4 Å². The molecule has 2 aliphatic heterocycles. The highest BCUT2D eigenvalue weighted by molar-refractivity contribution is 7.90. The maximum Gasteiger partial charge on any atom is 0.258 e. The van der Waals surface area contributed by atoms with Crippen molar-refractivity contribution in [2.24, 2.45) is 5.41 Å². The summed E-state index contributed by atoms with van der Waals surface area (Å²) < 4.78 is 53.7. The summed E-state index contributed by atoms with van der Waals surface area (Å²) in [6, 6.07) is 7.91. The summed E-state index contributed by atoms with van der Waals surface area (Å²) in [7, 11) is -3.46. The first-order chi connectivity index (χ1) is 18.0. The minimum Gasteiger partial charge on any atom is -0.371 e. The average Bonchev–Trinajstić information content (AvgIpc) is 3.45. The Hall–Kier alpha value is -3.28. The molecule has 1 aliphatic carbocycles. The van der Waals surface area contributed by atoms with E-state index >= 15 is 0 Å². The maximum absolute atomic E-state index is 13.8. The lowest BCUT2D eigenvalue weighted by atomic mass is 9.93. The molecule has 2 aromatic heterocycles. The monoisotopic (exact) mass is 544 g/mol. The van der Waals surface area contributed by atoms with Gasteiger partial charge in [-0.25, -0.2) is 22.2 Å². The van der Waals surface area contributed by atoms with E-state index in [0.29, 0.717) is 28.1 Å². The zero-order valence-electron chi connectivity index (χ0n) is 21.2. The third-order valence-electron chi connectivity index (χ3n) is 8.17. The quantitative estimate of drug-likeness (QED) is 0.518. The smallest absolute Gasteiger partial charge is 0.258 e. The second-order valence-corrected chi connectivity index (χ2v) is 12.9. The highest BCUT2D eigenvalue weighted by atomic mass is 32.2. The van der Waals surface area contributed by atoms with Gasteiger partial charge in [0.15, 0.2) is 15.5 Å². The summed E-state index contributed by atoms with van der Waals surface area (Å²) in [6.07, 6.45) is 6.73. The molecule has 0 atom stereocenters. The van der Waals surface area contributed by atoms with Crippen molar-refractivity contribution in [1.82, 2.24) is 14.6 Å². The van der Waals surface area contributed by atoms with Gasteiger partial charge in [-0.15, -0.1) is 0 Å². The lowest BCUT2D eigenvalue weighted by molar-refractivity contribution is -0.0222. The standard InChI is InChI=1S/C26H30F2N6O3S/c1-38(36,37)18-2-3-19(20(16-18)32-12-7-25(5-6-25)8-13-32)24(35)31-21-17-23(34-22(30-21)4-11-29-34)33-14-9-26(27,28)10-15-33/h2-4,11,16-17H,5-10,12-15H2,1H3,(H,30,31,35). The summed E-state index contributed by atoms with van der Waals surface area (Å²) in [5.74, 6) is -2.26. The molecule has 4 heterocycles. The number of aromatic nitrogens is 3. The lowest BCUT2D eigenvalue weighted by Gasteiger charge is -2.35. The molecule has 2 saturated heterocycles. The number of hydrogen-bond acceptors (Lipinski definition) is 7. The molecule has 3 fully saturated rings. The van der Waals surface area contributed by atoms with Gasteiger partial charge in [0.05, 0.1) is 22.3 Å². The summed E-state index contributed by atoms with van der Waals surface area (Å²) in [6.45, 7) is 1.84. The fourth-order valence-electron chi connectivity index (χ4n) is 5.53. The van der Waals surface area contributed by atoms with E-state index in [2.05, 4.69) is 20.3 Å². The molecule has 12 heteroatoms. The molecule has 38 heavy (non-hydrogen) atoms. The van der Waals surface area contributed by atoms with Crippen molar-refractivity contribution in [2.75, 3.05) is 47.6 Å². The Balaban J connectivity index is 1.31. The Morgan fingerprint density at radius 3 is 2.29 bits per heavy atom. The van der Waals surface area contributed by atoms with E-state index in [9.17, 15) is 22.0 Å². The van der Waals surface area contributed by atoms with E-state index in [1.54, 1.807) is 35.0 Å². The summed E-state index contributed by atoms with van der Waals surface area (Å²) in [5.41, 5.74) is 1.85. The van der Waals surface area contributed by atoms with E-state index in [1.165, 1.54) is 18.9 Å². The van der Waals surface area contributed by atoms with Crippen LogP contribution in [-0.2, 0) is 9.84 Å². The van der Waals surface area contributed by atoms with Crippen LogP contribution in [0, 0.1) is 5.41 Å². The van der Waals surface area contributed by atoms with Crippen LogP contribution >= 0.6 is 0 Å². The van der Waals surface area contributed by atoms with Crippen LogP contribution in [0.5, 0.6) is 0 Å². The van der Waals surface area contributed by atoms with Gasteiger partial charge in [0.1, 0.15) is 11.6 Å². The largest absolute Gasteiger partial charge is 0.371 e. The number of alkyl halides is 2. The summed E-state index contributed by atoms with van der Waals surface area (Å²) in [4.78, 5) is 22.1. The summed E-state index contributed by atoms with van der Waals surface area (Å²) >= 11 is 0. The van der Waals surface area contributed by atoms with Crippen LogP contribution in [0.2, 0.25) is 0 Å². The molecule has 0 bridgehead atoms. The fourth-order valence-corrected chi connectivity index (χ4v) is 6.17. The topological polar surface area (TPSA) is 99.9 Å². The van der Waals surface area contributed by atoms with Crippen molar-refractivity contribution < 1.29 is 22.0 Å². The number of anilines is 3. The lowest BCUT2D eigenvalue weighted by Crippen LogP contribution is -2.40. The molecule has 3 aliphatic rings. The molecule has 202 valence electrons. The first-order valence-electron chi connectivity index (χ1n) is 12.9. The second-order valence-electron chi connectivity index (χ2n) is 10.8. The predicted octanol–water partition coefficient (Wildman–Crippen LogP) is 4.00. The van der Waals surface area contributed by atoms with Crippen molar-refractivity contribution in [2.45, 2.75) is 49.3 Å². The number of fused-ring (bicyclic) bond motifs is 1. The van der Waals surface area contributed by atoms with Crippen LogP contribution in [-0.4, -0.2) is 67.3 Å². The molecular weight excluding hydrogens is 514 g/mol. The number of nitrogens with one attached hydrogen (secondary N) is 1. The number of sulfone groups is 1. The van der Waals surface area contributed by atoms with Gasteiger partial charge in [-0.05, 0) is 49.3 Å². The van der Waals surface area contributed by atoms with Gasteiger partial charge in [0.25, 0.3) is 11.8 Å². The highest BCUT2D eigenvalue weighted by Crippen LogP contribution is 2.54. The third-order valence-corrected chi connectivity index (χ3v) is 9.28. The molecule has 1 saturated carbocycles. The van der Waals surface area contributed by atoms with E-state index in [0.717, 1.165) is 32.2 Å². The molecule has 3 aromatic rings. The molecule has 0 radical (unpaired) electrons. The number of nitrogens with zero attached hydrogens (tertiary/aromatic N) is 5. The summed E-state index contributed by atoms with van der Waals surface area (Å²) in [5, 5.41) is 7.14. The Morgan fingerprint density at radius 1 is 0.947 bits per heavy atom. The van der Waals surface area contributed by atoms with Crippen LogP contribution in [0.25, 0.3) is 5.65 Å². The number of halogens is 2. The van der Waals surface area contributed by atoms with Gasteiger partial charge in [0.2, 0.25) is 0 Å². The Bertz CT molecular complexity index is 1500. The number of piperidine rings is 2. The number of carbonyl (C=O) groups excluding carboxylic acids is 1. The van der Waals surface area contributed by atoms with E-state index in [1.807, 2.05) is 4.90 Å². The molecular formula is C26H30F2N6O3S. The zero-order valence-corrected chi connectivity index (χ0v) is 22.0. The number of hydrogen-bond donors (Lipinski definition) is 1. The van der Waals surface area contributed by atoms with Crippen molar-refractivity contribution >= 4 is 38.7 Å². The highest BCUT2D eigenvalue weighted by Gasteiger charge is 2.44. The van der Waals surface area contributed by atoms with E-state index in [-0.39, 0.29) is 36.6 Å². The van der Waals surface area contributed by atoms with Crippen LogP contribution in [0.1, 0.15) is 48.9 Å². The first-order valence-corrected chi connectivity index (χ1v) is 14.8. The van der Waals surface area contributed by atoms with Gasteiger partial charge in [-0.3, -0.25) is 4.79 Å². The van der Waals surface area contributed by atoms with Crippen molar-refractivity contribution in [3.63, 3.8) is 0 Å². The van der Waals surface area contributed by atoms with E-state index < -0.39 is 21.7 Å². The predicted molar refractivity (Wildman–Crippen MR) is 140 cm³/mol. The van der Waals surface area contributed by atoms with Crippen LogP contribution < -0.4 is 15.1 Å². The zero-order chi connectivity index (χ0) is 26.7. The van der Waals surface area contributed by atoms with Crippen LogP contribution in [0.15, 0.2) is 41.4 Å². The van der Waals surface area contributed by atoms with Crippen molar-refractivity contribution in [3.05, 3.63) is 42.1 Å². The Labute approximate surface area is 219 Å². The Kier molecular flexibility index (Phi) is 5.85. The maximum atomic E-state index is 13.8. The van der Waals surface area contributed by atoms with E-state index in [4.69, 9.17) is 0 Å². The number of carbonyl (C=O) groups is 1. The number of rotatable bonds is 5. The number of benzene rings is 1. The molecule has 1 amide bonds. The van der Waals surface area contributed by atoms with Crippen LogP contribution in [0.4, 0.5) is 26.1 Å². The van der Waals surface area contributed by atoms with Crippen molar-refractivity contribution in [3.8, 4) is 0 Å². The Morgan fingerprint density at radius 2 is 1.63 bits per heavy atom. The molecule has 1 aromatic carbocycles. The normalized spacial score (nSPS) is 20.6. The number of amides is 1. The van der Waals surface area contributed by atoms with Crippen LogP contribution in [0.3, 0.4) is 0 Å². The molecule has 6 rings (SSSR count). The van der Waals surface area contributed by atoms with Crippen molar-refractivity contribution in [1.29, 1.82) is 0 Å². The molecule has 9 nitrogen and oxygen atoms in total. The third kappa shape index (κ3) is 4.81. The van der Waals surface area contributed by atoms with Gasteiger partial charge in [-0.2, -0.15) is 9.61 Å². The minimum atomic E-state index is -3.46. The molecule has 1 N–H and O–H groups in total. The SMILES string of the molecule is CS(=O)(=O)c1ccc(C(=O)Nc2cc(N3CCC(F)(F)CC3)n3nccc3n2)c(N2CCC3(CC2)CC3)c1. The van der Waals surface area contributed by atoms with Gasteiger partial charge in [-0.1, -0.05) is 0 Å². The minimum absolute atomic E-state index is 0.160. The molecule has 0 unspecified atom stereocenters. The fraction of sp³-hybridized carbons (Fsp3) is 0.500. The average molecular weight is 545 g/mol. The molecule has 1 spiro atoms. The van der Waals surface area contributed by atoms with Gasteiger partial charge < -0.3 is 15.1 Å².